The lowest BCUT2D eigenvalue weighted by Crippen LogP contribution is -1.87. The summed E-state index contributed by atoms with van der Waals surface area (Å²) in [6.07, 6.45) is 2.33. The Bertz CT molecular complexity index is 491. The van der Waals surface area contributed by atoms with Gasteiger partial charge in [-0.25, -0.2) is 0 Å². The lowest BCUT2D eigenvalue weighted by atomic mass is 10.3. The Balaban J connectivity index is 3.20. The van der Waals surface area contributed by atoms with Gasteiger partial charge >= 0.3 is 5.00 Å². The highest BCUT2D eigenvalue weighted by Crippen LogP contribution is 2.35. The summed E-state index contributed by atoms with van der Waals surface area (Å²) in [5, 5.41) is 20.7. The summed E-state index contributed by atoms with van der Waals surface area (Å²) in [5.41, 5.74) is -0.366. The van der Waals surface area contributed by atoms with Crippen LogP contribution in [0, 0.1) is 20.2 Å². The van der Waals surface area contributed by atoms with E-state index in [2.05, 4.69) is 0 Å². The maximum atomic E-state index is 10.7. The van der Waals surface area contributed by atoms with Crippen molar-refractivity contribution in [2.24, 2.45) is 0 Å². The number of thiophene rings is 1. The summed E-state index contributed by atoms with van der Waals surface area (Å²) in [7, 11) is 0. The second-order valence-electron chi connectivity index (χ2n) is 2.79. The van der Waals surface area contributed by atoms with Crippen LogP contribution in [-0.2, 0) is 4.79 Å². The molecule has 16 heavy (non-hydrogen) atoms. The number of ketones is 1. The van der Waals surface area contributed by atoms with Crippen LogP contribution in [0.3, 0.4) is 0 Å². The van der Waals surface area contributed by atoms with Crippen molar-refractivity contribution in [2.75, 3.05) is 0 Å². The first-order valence-corrected chi connectivity index (χ1v) is 4.84. The van der Waals surface area contributed by atoms with Crippen LogP contribution in [0.15, 0.2) is 12.1 Å². The Kier molecular flexibility index (Phi) is 3.46. The molecular weight excluding hydrogens is 236 g/mol. The van der Waals surface area contributed by atoms with Crippen LogP contribution in [0.1, 0.15) is 11.8 Å². The fourth-order valence-electron chi connectivity index (χ4n) is 0.928. The Labute approximate surface area is 93.3 Å². The quantitative estimate of drug-likeness (QED) is 0.457. The van der Waals surface area contributed by atoms with Gasteiger partial charge in [-0.3, -0.25) is 25.0 Å². The van der Waals surface area contributed by atoms with Crippen LogP contribution in [0.25, 0.3) is 6.08 Å². The number of rotatable bonds is 4. The molecule has 1 aromatic rings. The monoisotopic (exact) mass is 242 g/mol. The average Bonchev–Trinajstić information content (AvgIpc) is 2.58. The summed E-state index contributed by atoms with van der Waals surface area (Å²) in [6, 6.07) is 0.879. The van der Waals surface area contributed by atoms with Gasteiger partial charge in [0, 0.05) is 0 Å². The highest BCUT2D eigenvalue weighted by atomic mass is 32.1. The minimum absolute atomic E-state index is 0.0897. The van der Waals surface area contributed by atoms with E-state index in [1.165, 1.54) is 13.0 Å². The van der Waals surface area contributed by atoms with Gasteiger partial charge in [0.25, 0.3) is 5.69 Å². The fourth-order valence-corrected chi connectivity index (χ4v) is 1.77. The van der Waals surface area contributed by atoms with Crippen LogP contribution >= 0.6 is 11.3 Å². The number of hydrogen-bond acceptors (Lipinski definition) is 6. The van der Waals surface area contributed by atoms with E-state index in [0.717, 1.165) is 12.1 Å². The van der Waals surface area contributed by atoms with E-state index in [-0.39, 0.29) is 21.3 Å². The van der Waals surface area contributed by atoms with E-state index >= 15 is 0 Å². The molecule has 0 radical (unpaired) electrons. The van der Waals surface area contributed by atoms with Gasteiger partial charge in [0.1, 0.15) is 10.9 Å². The lowest BCUT2D eigenvalue weighted by Gasteiger charge is -1.86. The molecule has 0 aromatic carbocycles. The van der Waals surface area contributed by atoms with Crippen molar-refractivity contribution in [3.05, 3.63) is 37.2 Å². The number of allylic oxidation sites excluding steroid dienone is 1. The minimum Gasteiger partial charge on any atom is -0.295 e. The Morgan fingerprint density at radius 1 is 1.38 bits per heavy atom. The molecule has 8 heteroatoms. The third-order valence-electron chi connectivity index (χ3n) is 1.57. The van der Waals surface area contributed by atoms with Gasteiger partial charge in [-0.2, -0.15) is 0 Å². The molecule has 0 atom stereocenters. The molecule has 0 bridgehead atoms. The standard InChI is InChI=1S/C8H6N2O5S/c1-5(11)2-3-7-6(9(12)13)4-8(16-7)10(14)15/h2-4H,1H3/b3-2+. The lowest BCUT2D eigenvalue weighted by molar-refractivity contribution is -0.390. The van der Waals surface area contributed by atoms with Crippen molar-refractivity contribution in [3.63, 3.8) is 0 Å². The molecule has 0 saturated heterocycles. The predicted molar refractivity (Wildman–Crippen MR) is 57.3 cm³/mol. The molecule has 1 rings (SSSR count). The summed E-state index contributed by atoms with van der Waals surface area (Å²) in [4.78, 5) is 30.3. The third kappa shape index (κ3) is 2.70. The van der Waals surface area contributed by atoms with E-state index < -0.39 is 9.85 Å². The summed E-state index contributed by atoms with van der Waals surface area (Å²) >= 11 is 0.658. The summed E-state index contributed by atoms with van der Waals surface area (Å²) in [6.45, 7) is 1.28. The first-order valence-electron chi connectivity index (χ1n) is 4.03. The molecule has 0 saturated carbocycles. The van der Waals surface area contributed by atoms with Gasteiger partial charge < -0.3 is 0 Å². The summed E-state index contributed by atoms with van der Waals surface area (Å²) in [5.74, 6) is -0.287. The zero-order chi connectivity index (χ0) is 12.3. The zero-order valence-corrected chi connectivity index (χ0v) is 8.89. The highest BCUT2D eigenvalue weighted by Gasteiger charge is 2.23. The van der Waals surface area contributed by atoms with Crippen molar-refractivity contribution >= 4 is 33.9 Å². The van der Waals surface area contributed by atoms with Crippen molar-refractivity contribution in [1.82, 2.24) is 0 Å². The van der Waals surface area contributed by atoms with E-state index in [1.54, 1.807) is 0 Å². The molecule has 0 fully saturated rings. The second-order valence-corrected chi connectivity index (χ2v) is 3.85. The first-order chi connectivity index (χ1) is 7.41. The van der Waals surface area contributed by atoms with E-state index in [4.69, 9.17) is 0 Å². The Hall–Kier alpha value is -2.09. The van der Waals surface area contributed by atoms with Gasteiger partial charge in [-0.05, 0) is 19.1 Å². The van der Waals surface area contributed by atoms with E-state index in [0.29, 0.717) is 11.3 Å². The van der Waals surface area contributed by atoms with Crippen LogP contribution in [0.5, 0.6) is 0 Å². The molecule has 0 unspecified atom stereocenters. The van der Waals surface area contributed by atoms with Crippen LogP contribution in [-0.4, -0.2) is 15.6 Å². The number of carbonyl (C=O) groups is 1. The van der Waals surface area contributed by atoms with Crippen molar-refractivity contribution in [2.45, 2.75) is 6.92 Å². The van der Waals surface area contributed by atoms with E-state index in [1.807, 2.05) is 0 Å². The number of hydrogen-bond donors (Lipinski definition) is 0. The van der Waals surface area contributed by atoms with Crippen molar-refractivity contribution in [1.29, 1.82) is 0 Å². The maximum absolute atomic E-state index is 10.7. The van der Waals surface area contributed by atoms with Crippen LogP contribution in [0.2, 0.25) is 0 Å². The molecule has 0 aliphatic rings. The van der Waals surface area contributed by atoms with Gasteiger partial charge in [0.05, 0.1) is 9.85 Å². The van der Waals surface area contributed by atoms with Gasteiger partial charge in [-0.1, -0.05) is 11.3 Å². The largest absolute Gasteiger partial charge is 0.331 e. The SMILES string of the molecule is CC(=O)/C=C/c1sc([N+](=O)[O-])cc1[N+](=O)[O-]. The van der Waals surface area contributed by atoms with Crippen molar-refractivity contribution < 1.29 is 14.6 Å². The number of nitro groups is 2. The second kappa shape index (κ2) is 4.62. The molecule has 0 spiro atoms. The number of nitrogens with zero attached hydrogens (tertiary/aromatic N) is 2. The third-order valence-corrected chi connectivity index (χ3v) is 2.61. The van der Waals surface area contributed by atoms with Crippen LogP contribution < -0.4 is 0 Å². The molecular formula is C8H6N2O5S. The van der Waals surface area contributed by atoms with E-state index in [9.17, 15) is 25.0 Å². The zero-order valence-electron chi connectivity index (χ0n) is 8.08. The Morgan fingerprint density at radius 2 is 2.00 bits per heavy atom. The topological polar surface area (TPSA) is 103 Å². The first kappa shape index (κ1) is 12.0. The highest BCUT2D eigenvalue weighted by molar-refractivity contribution is 7.16. The van der Waals surface area contributed by atoms with Gasteiger partial charge in [0.2, 0.25) is 0 Å². The number of carbonyl (C=O) groups excluding carboxylic acids is 1. The Morgan fingerprint density at radius 3 is 2.44 bits per heavy atom. The molecule has 1 aromatic heterocycles. The molecule has 0 aliphatic heterocycles. The normalized spacial score (nSPS) is 10.6. The minimum atomic E-state index is -0.719. The molecule has 1 heterocycles. The van der Waals surface area contributed by atoms with Gasteiger partial charge in [-0.15, -0.1) is 0 Å². The maximum Gasteiger partial charge on any atom is 0.331 e. The molecule has 0 aliphatic carbocycles. The smallest absolute Gasteiger partial charge is 0.295 e. The van der Waals surface area contributed by atoms with Crippen molar-refractivity contribution in [3.8, 4) is 0 Å². The fraction of sp³-hybridized carbons (Fsp3) is 0.125. The van der Waals surface area contributed by atoms with Gasteiger partial charge in [0.15, 0.2) is 5.78 Å². The summed E-state index contributed by atoms with van der Waals surface area (Å²) < 4.78 is 0. The molecule has 0 amide bonds. The molecule has 7 nitrogen and oxygen atoms in total. The van der Waals surface area contributed by atoms with Crippen LogP contribution in [0.4, 0.5) is 10.7 Å². The predicted octanol–water partition coefficient (Wildman–Crippen LogP) is 2.17. The molecule has 0 N–H and O–H groups in total. The average molecular weight is 242 g/mol. The molecule has 84 valence electrons.